The first-order chi connectivity index (χ1) is 7.74. The second kappa shape index (κ2) is 7.44. The van der Waals surface area contributed by atoms with E-state index >= 15 is 0 Å². The van der Waals surface area contributed by atoms with Crippen LogP contribution in [0.1, 0.15) is 63.6 Å². The molecular formula is C13H24N2O. The van der Waals surface area contributed by atoms with Crippen molar-refractivity contribution >= 4 is 0 Å². The summed E-state index contributed by atoms with van der Waals surface area (Å²) >= 11 is 0. The van der Waals surface area contributed by atoms with Crippen molar-refractivity contribution in [2.45, 2.75) is 58.9 Å². The third kappa shape index (κ3) is 4.79. The van der Waals surface area contributed by atoms with Crippen LogP contribution in [0.4, 0.5) is 0 Å². The number of nitrogens with one attached hydrogen (secondary N) is 1. The van der Waals surface area contributed by atoms with Crippen molar-refractivity contribution in [2.24, 2.45) is 0 Å². The lowest BCUT2D eigenvalue weighted by Crippen LogP contribution is -2.20. The number of hydrogen-bond acceptors (Lipinski definition) is 3. The van der Waals surface area contributed by atoms with Gasteiger partial charge in [0.05, 0.1) is 12.2 Å². The highest BCUT2D eigenvalue weighted by Gasteiger charge is 2.09. The summed E-state index contributed by atoms with van der Waals surface area (Å²) in [6, 6.07) is 0.222. The van der Waals surface area contributed by atoms with Crippen LogP contribution < -0.4 is 5.32 Å². The zero-order valence-electron chi connectivity index (χ0n) is 10.8. The zero-order valence-corrected chi connectivity index (χ0v) is 10.8. The van der Waals surface area contributed by atoms with E-state index in [4.69, 9.17) is 4.42 Å². The van der Waals surface area contributed by atoms with Crippen LogP contribution in [0.15, 0.2) is 10.6 Å². The van der Waals surface area contributed by atoms with Crippen LogP contribution in [0, 0.1) is 6.92 Å². The maximum absolute atomic E-state index is 5.47. The van der Waals surface area contributed by atoms with Crippen LogP contribution in [0.25, 0.3) is 0 Å². The molecule has 0 aliphatic heterocycles. The molecule has 1 aromatic heterocycles. The average molecular weight is 224 g/mol. The van der Waals surface area contributed by atoms with Gasteiger partial charge in [-0.1, -0.05) is 32.6 Å². The lowest BCUT2D eigenvalue weighted by molar-refractivity contribution is 0.399. The van der Waals surface area contributed by atoms with E-state index in [-0.39, 0.29) is 6.04 Å². The van der Waals surface area contributed by atoms with Crippen LogP contribution in [-0.2, 0) is 0 Å². The Labute approximate surface area is 98.6 Å². The van der Waals surface area contributed by atoms with Gasteiger partial charge in [-0.2, -0.15) is 0 Å². The third-order valence-electron chi connectivity index (χ3n) is 2.74. The largest absolute Gasteiger partial charge is 0.444 e. The Bertz CT molecular complexity index is 283. The summed E-state index contributed by atoms with van der Waals surface area (Å²) in [5.41, 5.74) is 0. The normalized spacial score (nSPS) is 12.9. The number of nitrogens with zero attached hydrogens (tertiary/aromatic N) is 1. The van der Waals surface area contributed by atoms with Gasteiger partial charge in [0.25, 0.3) is 0 Å². The Kier molecular flexibility index (Phi) is 6.16. The number of aromatic nitrogens is 1. The van der Waals surface area contributed by atoms with Crippen molar-refractivity contribution in [3.8, 4) is 0 Å². The van der Waals surface area contributed by atoms with Crippen LogP contribution in [0.5, 0.6) is 0 Å². The topological polar surface area (TPSA) is 38.1 Å². The third-order valence-corrected chi connectivity index (χ3v) is 2.74. The van der Waals surface area contributed by atoms with Crippen LogP contribution >= 0.6 is 0 Å². The Morgan fingerprint density at radius 2 is 2.06 bits per heavy atom. The first-order valence-electron chi connectivity index (χ1n) is 6.39. The van der Waals surface area contributed by atoms with Crippen molar-refractivity contribution < 1.29 is 4.42 Å². The average Bonchev–Trinajstić information content (AvgIpc) is 2.70. The van der Waals surface area contributed by atoms with Gasteiger partial charge in [-0.3, -0.25) is 0 Å². The van der Waals surface area contributed by atoms with E-state index in [0.717, 1.165) is 18.2 Å². The highest BCUT2D eigenvalue weighted by molar-refractivity contribution is 4.94. The highest BCUT2D eigenvalue weighted by atomic mass is 16.4. The SMILES string of the molecule is CCCCCCCNC(C)c1ncc(C)o1. The second-order valence-electron chi connectivity index (χ2n) is 4.40. The van der Waals surface area contributed by atoms with Gasteiger partial charge in [0.2, 0.25) is 5.89 Å². The molecule has 1 atom stereocenters. The summed E-state index contributed by atoms with van der Waals surface area (Å²) < 4.78 is 5.47. The fourth-order valence-electron chi connectivity index (χ4n) is 1.71. The van der Waals surface area contributed by atoms with E-state index in [0.29, 0.717) is 0 Å². The number of rotatable bonds is 8. The monoisotopic (exact) mass is 224 g/mol. The van der Waals surface area contributed by atoms with Gasteiger partial charge >= 0.3 is 0 Å². The van der Waals surface area contributed by atoms with Crippen molar-refractivity contribution in [1.82, 2.24) is 10.3 Å². The highest BCUT2D eigenvalue weighted by Crippen LogP contribution is 2.12. The van der Waals surface area contributed by atoms with E-state index in [1.807, 2.05) is 6.92 Å². The second-order valence-corrected chi connectivity index (χ2v) is 4.40. The Hall–Kier alpha value is -0.830. The molecule has 0 amide bonds. The molecule has 3 nitrogen and oxygen atoms in total. The molecule has 1 heterocycles. The van der Waals surface area contributed by atoms with Crippen molar-refractivity contribution in [3.63, 3.8) is 0 Å². The molecule has 0 fully saturated rings. The Morgan fingerprint density at radius 1 is 1.31 bits per heavy atom. The van der Waals surface area contributed by atoms with Crippen LogP contribution in [0.3, 0.4) is 0 Å². The molecule has 1 N–H and O–H groups in total. The predicted molar refractivity (Wildman–Crippen MR) is 66.4 cm³/mol. The molecule has 1 unspecified atom stereocenters. The van der Waals surface area contributed by atoms with E-state index in [1.54, 1.807) is 6.20 Å². The van der Waals surface area contributed by atoms with Crippen LogP contribution in [0.2, 0.25) is 0 Å². The number of oxazole rings is 1. The molecule has 0 aromatic carbocycles. The van der Waals surface area contributed by atoms with E-state index in [2.05, 4.69) is 24.1 Å². The molecule has 0 spiro atoms. The maximum atomic E-state index is 5.47. The van der Waals surface area contributed by atoms with Gasteiger partial charge in [0.1, 0.15) is 5.76 Å². The molecule has 0 saturated heterocycles. The summed E-state index contributed by atoms with van der Waals surface area (Å²) in [5.74, 6) is 1.68. The summed E-state index contributed by atoms with van der Waals surface area (Å²) in [7, 11) is 0. The Balaban J connectivity index is 2.09. The summed E-state index contributed by atoms with van der Waals surface area (Å²) in [4.78, 5) is 4.21. The van der Waals surface area contributed by atoms with E-state index in [9.17, 15) is 0 Å². The van der Waals surface area contributed by atoms with E-state index < -0.39 is 0 Å². The first kappa shape index (κ1) is 13.2. The molecule has 0 saturated carbocycles. The summed E-state index contributed by atoms with van der Waals surface area (Å²) in [6.45, 7) is 7.31. The van der Waals surface area contributed by atoms with Gasteiger partial charge in [-0.15, -0.1) is 0 Å². The van der Waals surface area contributed by atoms with Crippen molar-refractivity contribution in [3.05, 3.63) is 17.8 Å². The van der Waals surface area contributed by atoms with Crippen molar-refractivity contribution in [2.75, 3.05) is 6.54 Å². The van der Waals surface area contributed by atoms with Gasteiger partial charge in [-0.25, -0.2) is 4.98 Å². The van der Waals surface area contributed by atoms with E-state index in [1.165, 1.54) is 32.1 Å². The van der Waals surface area contributed by atoms with Crippen LogP contribution in [-0.4, -0.2) is 11.5 Å². The Morgan fingerprint density at radius 3 is 2.69 bits per heavy atom. The number of hydrogen-bond donors (Lipinski definition) is 1. The number of unbranched alkanes of at least 4 members (excludes halogenated alkanes) is 4. The minimum atomic E-state index is 0.222. The zero-order chi connectivity index (χ0) is 11.8. The molecule has 16 heavy (non-hydrogen) atoms. The molecular weight excluding hydrogens is 200 g/mol. The van der Waals surface area contributed by atoms with Gasteiger partial charge in [0.15, 0.2) is 0 Å². The summed E-state index contributed by atoms with van der Waals surface area (Å²) in [5, 5.41) is 3.43. The first-order valence-corrected chi connectivity index (χ1v) is 6.39. The predicted octanol–water partition coefficient (Wildman–Crippen LogP) is 3.60. The molecule has 1 rings (SSSR count). The van der Waals surface area contributed by atoms with Gasteiger partial charge in [-0.05, 0) is 26.8 Å². The molecule has 92 valence electrons. The fraction of sp³-hybridized carbons (Fsp3) is 0.769. The minimum Gasteiger partial charge on any atom is -0.444 e. The fourth-order valence-corrected chi connectivity index (χ4v) is 1.71. The summed E-state index contributed by atoms with van der Waals surface area (Å²) in [6.07, 6.45) is 8.34. The lowest BCUT2D eigenvalue weighted by atomic mass is 10.1. The van der Waals surface area contributed by atoms with Crippen molar-refractivity contribution in [1.29, 1.82) is 0 Å². The van der Waals surface area contributed by atoms with Gasteiger partial charge in [0, 0.05) is 0 Å². The smallest absolute Gasteiger partial charge is 0.211 e. The lowest BCUT2D eigenvalue weighted by Gasteiger charge is -2.09. The van der Waals surface area contributed by atoms with Gasteiger partial charge < -0.3 is 9.73 Å². The maximum Gasteiger partial charge on any atom is 0.211 e. The quantitative estimate of drug-likeness (QED) is 0.685. The molecule has 1 aromatic rings. The molecule has 0 aliphatic carbocycles. The molecule has 0 aliphatic rings. The standard InChI is InChI=1S/C13H24N2O/c1-4-5-6-7-8-9-14-12(3)13-15-10-11(2)16-13/h10,12,14H,4-9H2,1-3H3. The number of aryl methyl sites for hydroxylation is 1. The minimum absolute atomic E-state index is 0.222. The molecule has 0 bridgehead atoms. The molecule has 0 radical (unpaired) electrons. The molecule has 3 heteroatoms.